The summed E-state index contributed by atoms with van der Waals surface area (Å²) in [5.74, 6) is 0.574. The molecule has 1 aliphatic rings. The lowest BCUT2D eigenvalue weighted by Crippen LogP contribution is -2.40. The van der Waals surface area contributed by atoms with Crippen LogP contribution < -0.4 is 10.6 Å². The maximum Gasteiger partial charge on any atom is 0.319 e. The molecule has 0 atom stereocenters. The van der Waals surface area contributed by atoms with Gasteiger partial charge in [-0.3, -0.25) is 0 Å². The first-order chi connectivity index (χ1) is 10.3. The third-order valence-corrected chi connectivity index (χ3v) is 3.90. The van der Waals surface area contributed by atoms with E-state index in [0.29, 0.717) is 5.92 Å². The Hall–Kier alpha value is -1.59. The topological polar surface area (TPSA) is 53.6 Å². The van der Waals surface area contributed by atoms with Crippen LogP contribution in [0.1, 0.15) is 12.8 Å². The van der Waals surface area contributed by atoms with Crippen molar-refractivity contribution in [2.45, 2.75) is 12.8 Å². The van der Waals surface area contributed by atoms with E-state index >= 15 is 0 Å². The van der Waals surface area contributed by atoms with Gasteiger partial charge in [0.2, 0.25) is 0 Å². The lowest BCUT2D eigenvalue weighted by Gasteiger charge is -2.31. The van der Waals surface area contributed by atoms with Gasteiger partial charge in [-0.05, 0) is 44.0 Å². The van der Waals surface area contributed by atoms with E-state index in [1.165, 1.54) is 0 Å². The molecule has 1 aromatic rings. The summed E-state index contributed by atoms with van der Waals surface area (Å²) in [7, 11) is 1.74. The predicted octanol–water partition coefficient (Wildman–Crippen LogP) is 2.17. The van der Waals surface area contributed by atoms with Gasteiger partial charge in [0.15, 0.2) is 0 Å². The highest BCUT2D eigenvalue weighted by Gasteiger charge is 2.19. The SMILES string of the molecule is COCCN1CCC(CNC(=O)Nc2ccccc2)CC1. The summed E-state index contributed by atoms with van der Waals surface area (Å²) in [5.41, 5.74) is 0.824. The number of urea groups is 1. The Kier molecular flexibility index (Phi) is 6.50. The lowest BCUT2D eigenvalue weighted by molar-refractivity contribution is 0.120. The average Bonchev–Trinajstić information content (AvgIpc) is 2.53. The van der Waals surface area contributed by atoms with Crippen molar-refractivity contribution < 1.29 is 9.53 Å². The smallest absolute Gasteiger partial charge is 0.319 e. The largest absolute Gasteiger partial charge is 0.383 e. The Balaban J connectivity index is 1.62. The van der Waals surface area contributed by atoms with Gasteiger partial charge in [0.05, 0.1) is 6.61 Å². The van der Waals surface area contributed by atoms with Gasteiger partial charge in [0.25, 0.3) is 0 Å². The van der Waals surface area contributed by atoms with Gasteiger partial charge in [-0.25, -0.2) is 4.79 Å². The molecule has 1 saturated heterocycles. The van der Waals surface area contributed by atoms with Crippen LogP contribution in [0.15, 0.2) is 30.3 Å². The predicted molar refractivity (Wildman–Crippen MR) is 84.5 cm³/mol. The minimum Gasteiger partial charge on any atom is -0.383 e. The van der Waals surface area contributed by atoms with Crippen molar-refractivity contribution in [1.29, 1.82) is 0 Å². The zero-order chi connectivity index (χ0) is 14.9. The third kappa shape index (κ3) is 5.73. The number of nitrogens with zero attached hydrogens (tertiary/aromatic N) is 1. The van der Waals surface area contributed by atoms with E-state index in [0.717, 1.165) is 51.3 Å². The molecular formula is C16H25N3O2. The molecule has 0 unspecified atom stereocenters. The van der Waals surface area contributed by atoms with E-state index in [9.17, 15) is 4.79 Å². The number of carbonyl (C=O) groups excluding carboxylic acids is 1. The van der Waals surface area contributed by atoms with Crippen LogP contribution in [0.5, 0.6) is 0 Å². The number of para-hydroxylation sites is 1. The van der Waals surface area contributed by atoms with Crippen molar-refractivity contribution in [2.75, 3.05) is 45.2 Å². The van der Waals surface area contributed by atoms with Crippen LogP contribution in [-0.2, 0) is 4.74 Å². The fraction of sp³-hybridized carbons (Fsp3) is 0.562. The molecule has 2 rings (SSSR count). The molecule has 0 bridgehead atoms. The number of benzene rings is 1. The van der Waals surface area contributed by atoms with E-state index in [1.54, 1.807) is 7.11 Å². The maximum atomic E-state index is 11.8. The monoisotopic (exact) mass is 291 g/mol. The van der Waals surface area contributed by atoms with E-state index in [1.807, 2.05) is 30.3 Å². The molecule has 1 fully saturated rings. The summed E-state index contributed by atoms with van der Waals surface area (Å²) >= 11 is 0. The van der Waals surface area contributed by atoms with Crippen molar-refractivity contribution in [2.24, 2.45) is 5.92 Å². The number of anilines is 1. The van der Waals surface area contributed by atoms with Crippen LogP contribution in [0.2, 0.25) is 0 Å². The minimum atomic E-state index is -0.122. The first-order valence-electron chi connectivity index (χ1n) is 7.59. The summed E-state index contributed by atoms with van der Waals surface area (Å²) < 4.78 is 5.10. The molecule has 21 heavy (non-hydrogen) atoms. The zero-order valence-corrected chi connectivity index (χ0v) is 12.7. The highest BCUT2D eigenvalue weighted by atomic mass is 16.5. The van der Waals surface area contributed by atoms with E-state index in [2.05, 4.69) is 15.5 Å². The molecule has 0 spiro atoms. The summed E-state index contributed by atoms with van der Waals surface area (Å²) in [4.78, 5) is 14.2. The number of amides is 2. The maximum absolute atomic E-state index is 11.8. The molecule has 1 heterocycles. The molecule has 1 aliphatic heterocycles. The fourth-order valence-electron chi connectivity index (χ4n) is 2.57. The highest BCUT2D eigenvalue weighted by Crippen LogP contribution is 2.16. The number of hydrogen-bond acceptors (Lipinski definition) is 3. The summed E-state index contributed by atoms with van der Waals surface area (Å²) in [6.45, 7) is 4.73. The van der Waals surface area contributed by atoms with Crippen molar-refractivity contribution in [3.63, 3.8) is 0 Å². The molecule has 0 radical (unpaired) electrons. The van der Waals surface area contributed by atoms with Crippen LogP contribution in [0.4, 0.5) is 10.5 Å². The minimum absolute atomic E-state index is 0.122. The zero-order valence-electron chi connectivity index (χ0n) is 12.7. The quantitative estimate of drug-likeness (QED) is 0.844. The van der Waals surface area contributed by atoms with E-state index < -0.39 is 0 Å². The molecule has 0 aromatic heterocycles. The van der Waals surface area contributed by atoms with Gasteiger partial charge in [-0.1, -0.05) is 18.2 Å². The van der Waals surface area contributed by atoms with Gasteiger partial charge in [-0.2, -0.15) is 0 Å². The molecule has 116 valence electrons. The van der Waals surface area contributed by atoms with Crippen molar-refractivity contribution in [1.82, 2.24) is 10.2 Å². The molecule has 0 saturated carbocycles. The molecule has 0 aliphatic carbocycles. The number of ether oxygens (including phenoxy) is 1. The molecular weight excluding hydrogens is 266 g/mol. The van der Waals surface area contributed by atoms with Gasteiger partial charge >= 0.3 is 6.03 Å². The number of hydrogen-bond donors (Lipinski definition) is 2. The van der Waals surface area contributed by atoms with Crippen LogP contribution >= 0.6 is 0 Å². The standard InChI is InChI=1S/C16H25N3O2/c1-21-12-11-19-9-7-14(8-10-19)13-17-16(20)18-15-5-3-2-4-6-15/h2-6,14H,7-13H2,1H3,(H2,17,18,20). The Bertz CT molecular complexity index is 417. The van der Waals surface area contributed by atoms with Gasteiger partial charge in [-0.15, -0.1) is 0 Å². The van der Waals surface area contributed by atoms with Crippen molar-refractivity contribution in [3.8, 4) is 0 Å². The van der Waals surface area contributed by atoms with E-state index in [4.69, 9.17) is 4.74 Å². The van der Waals surface area contributed by atoms with Crippen molar-refractivity contribution in [3.05, 3.63) is 30.3 Å². The van der Waals surface area contributed by atoms with Gasteiger partial charge < -0.3 is 20.3 Å². The van der Waals surface area contributed by atoms with E-state index in [-0.39, 0.29) is 6.03 Å². The van der Waals surface area contributed by atoms with Crippen LogP contribution in [-0.4, -0.2) is 50.8 Å². The number of methoxy groups -OCH3 is 1. The average molecular weight is 291 g/mol. The first-order valence-corrected chi connectivity index (χ1v) is 7.59. The Morgan fingerprint density at radius 2 is 2.00 bits per heavy atom. The molecule has 2 N–H and O–H groups in total. The second kappa shape index (κ2) is 8.64. The second-order valence-corrected chi connectivity index (χ2v) is 5.48. The number of rotatable bonds is 6. The Labute approximate surface area is 126 Å². The number of piperidine rings is 1. The van der Waals surface area contributed by atoms with Crippen LogP contribution in [0.3, 0.4) is 0 Å². The molecule has 1 aromatic carbocycles. The number of likely N-dealkylation sites (tertiary alicyclic amines) is 1. The van der Waals surface area contributed by atoms with Crippen molar-refractivity contribution >= 4 is 11.7 Å². The molecule has 2 amide bonds. The molecule has 5 nitrogen and oxygen atoms in total. The van der Waals surface area contributed by atoms with Crippen LogP contribution in [0.25, 0.3) is 0 Å². The van der Waals surface area contributed by atoms with Gasteiger partial charge in [0, 0.05) is 25.9 Å². The Morgan fingerprint density at radius 1 is 1.29 bits per heavy atom. The lowest BCUT2D eigenvalue weighted by atomic mass is 9.97. The second-order valence-electron chi connectivity index (χ2n) is 5.48. The summed E-state index contributed by atoms with van der Waals surface area (Å²) in [5, 5.41) is 5.81. The summed E-state index contributed by atoms with van der Waals surface area (Å²) in [6.07, 6.45) is 2.27. The highest BCUT2D eigenvalue weighted by molar-refractivity contribution is 5.89. The number of nitrogens with one attached hydrogen (secondary N) is 2. The fourth-order valence-corrected chi connectivity index (χ4v) is 2.57. The third-order valence-electron chi connectivity index (χ3n) is 3.90. The van der Waals surface area contributed by atoms with Crippen LogP contribution in [0, 0.1) is 5.92 Å². The first kappa shape index (κ1) is 15.8. The summed E-state index contributed by atoms with van der Waals surface area (Å²) in [6, 6.07) is 9.39. The van der Waals surface area contributed by atoms with Gasteiger partial charge in [0.1, 0.15) is 0 Å². The number of carbonyl (C=O) groups is 1. The molecule has 5 heteroatoms. The Morgan fingerprint density at radius 3 is 2.67 bits per heavy atom. The normalized spacial score (nSPS) is 16.6.